The van der Waals surface area contributed by atoms with E-state index < -0.39 is 0 Å². The first kappa shape index (κ1) is 9.59. The first-order valence-electron chi connectivity index (χ1n) is 5.19. The zero-order valence-electron chi connectivity index (χ0n) is 8.88. The van der Waals surface area contributed by atoms with Crippen molar-refractivity contribution in [3.63, 3.8) is 0 Å². The summed E-state index contributed by atoms with van der Waals surface area (Å²) < 4.78 is 0. The monoisotopic (exact) mass is 191 g/mol. The fourth-order valence-electron chi connectivity index (χ4n) is 1.97. The maximum Gasteiger partial charge on any atom is 0.0664 e. The first-order chi connectivity index (χ1) is 6.68. The molecular formula is C11H17N3. The standard InChI is InChI=1S/C11H17N3/c1-8-9(2)14-10(6-13-8)11(7-12)4-3-5-11/h6H,3-5,7,12H2,1-2H3. The third-order valence-electron chi connectivity index (χ3n) is 3.44. The molecular weight excluding hydrogens is 174 g/mol. The van der Waals surface area contributed by atoms with Crippen LogP contribution in [0.2, 0.25) is 0 Å². The molecule has 0 bridgehead atoms. The van der Waals surface area contributed by atoms with E-state index in [4.69, 9.17) is 5.73 Å². The second-order valence-electron chi connectivity index (χ2n) is 4.26. The van der Waals surface area contributed by atoms with Gasteiger partial charge >= 0.3 is 0 Å². The summed E-state index contributed by atoms with van der Waals surface area (Å²) in [4.78, 5) is 8.95. The number of aryl methyl sites for hydroxylation is 2. The van der Waals surface area contributed by atoms with Crippen molar-refractivity contribution in [3.05, 3.63) is 23.3 Å². The molecule has 1 aliphatic carbocycles. The third-order valence-corrected chi connectivity index (χ3v) is 3.44. The van der Waals surface area contributed by atoms with Crippen molar-refractivity contribution in [2.45, 2.75) is 38.5 Å². The molecule has 1 fully saturated rings. The smallest absolute Gasteiger partial charge is 0.0664 e. The Morgan fingerprint density at radius 1 is 1.36 bits per heavy atom. The number of rotatable bonds is 2. The molecule has 0 atom stereocenters. The maximum absolute atomic E-state index is 5.82. The Bertz CT molecular complexity index is 337. The minimum Gasteiger partial charge on any atom is -0.330 e. The second kappa shape index (κ2) is 3.31. The summed E-state index contributed by atoms with van der Waals surface area (Å²) in [6.45, 7) is 4.70. The minimum atomic E-state index is 0.144. The molecule has 2 rings (SSSR count). The highest BCUT2D eigenvalue weighted by Gasteiger charge is 2.38. The van der Waals surface area contributed by atoms with Crippen molar-refractivity contribution in [1.82, 2.24) is 9.97 Å². The molecule has 1 aromatic heterocycles. The van der Waals surface area contributed by atoms with Gasteiger partial charge < -0.3 is 5.73 Å². The van der Waals surface area contributed by atoms with Gasteiger partial charge in [0.1, 0.15) is 0 Å². The van der Waals surface area contributed by atoms with Crippen LogP contribution in [0.4, 0.5) is 0 Å². The van der Waals surface area contributed by atoms with Gasteiger partial charge in [0, 0.05) is 18.2 Å². The summed E-state index contributed by atoms with van der Waals surface area (Å²) in [5, 5.41) is 0. The zero-order chi connectivity index (χ0) is 10.2. The lowest BCUT2D eigenvalue weighted by atomic mass is 9.67. The van der Waals surface area contributed by atoms with Crippen LogP contribution >= 0.6 is 0 Å². The van der Waals surface area contributed by atoms with Crippen molar-refractivity contribution >= 4 is 0 Å². The topological polar surface area (TPSA) is 51.8 Å². The van der Waals surface area contributed by atoms with E-state index in [-0.39, 0.29) is 5.41 Å². The summed E-state index contributed by atoms with van der Waals surface area (Å²) in [6, 6.07) is 0. The molecule has 1 heterocycles. The minimum absolute atomic E-state index is 0.144. The van der Waals surface area contributed by atoms with Gasteiger partial charge in [-0.3, -0.25) is 9.97 Å². The maximum atomic E-state index is 5.82. The van der Waals surface area contributed by atoms with Gasteiger partial charge in [-0.15, -0.1) is 0 Å². The SMILES string of the molecule is Cc1ncc(C2(CN)CCC2)nc1C. The normalized spacial score (nSPS) is 19.1. The largest absolute Gasteiger partial charge is 0.330 e. The molecule has 1 aromatic rings. The fraction of sp³-hybridized carbons (Fsp3) is 0.636. The average Bonchev–Trinajstić information content (AvgIpc) is 2.10. The van der Waals surface area contributed by atoms with Gasteiger partial charge in [0.25, 0.3) is 0 Å². The van der Waals surface area contributed by atoms with E-state index in [1.165, 1.54) is 19.3 Å². The summed E-state index contributed by atoms with van der Waals surface area (Å²) in [5.74, 6) is 0. The number of aromatic nitrogens is 2. The van der Waals surface area contributed by atoms with E-state index in [1.54, 1.807) is 0 Å². The number of nitrogens with zero attached hydrogens (tertiary/aromatic N) is 2. The third kappa shape index (κ3) is 1.32. The van der Waals surface area contributed by atoms with Crippen molar-refractivity contribution in [2.24, 2.45) is 5.73 Å². The van der Waals surface area contributed by atoms with Crippen LogP contribution in [0.25, 0.3) is 0 Å². The van der Waals surface area contributed by atoms with Gasteiger partial charge in [0.05, 0.1) is 17.1 Å². The molecule has 0 unspecified atom stereocenters. The highest BCUT2D eigenvalue weighted by atomic mass is 14.8. The van der Waals surface area contributed by atoms with Crippen LogP contribution in [0.1, 0.15) is 36.3 Å². The quantitative estimate of drug-likeness (QED) is 0.770. The number of hydrogen-bond donors (Lipinski definition) is 1. The van der Waals surface area contributed by atoms with E-state index in [0.717, 1.165) is 17.1 Å². The van der Waals surface area contributed by atoms with E-state index in [1.807, 2.05) is 20.0 Å². The molecule has 1 saturated carbocycles. The van der Waals surface area contributed by atoms with Gasteiger partial charge in [-0.2, -0.15) is 0 Å². The molecule has 14 heavy (non-hydrogen) atoms. The average molecular weight is 191 g/mol. The van der Waals surface area contributed by atoms with E-state index in [2.05, 4.69) is 9.97 Å². The summed E-state index contributed by atoms with van der Waals surface area (Å²) in [6.07, 6.45) is 5.50. The van der Waals surface area contributed by atoms with Crippen LogP contribution in [-0.2, 0) is 5.41 Å². The highest BCUT2D eigenvalue weighted by molar-refractivity contribution is 5.22. The van der Waals surface area contributed by atoms with Crippen LogP contribution in [0.5, 0.6) is 0 Å². The van der Waals surface area contributed by atoms with Gasteiger partial charge in [0.2, 0.25) is 0 Å². The molecule has 0 aliphatic heterocycles. The van der Waals surface area contributed by atoms with Crippen LogP contribution in [0.3, 0.4) is 0 Å². The van der Waals surface area contributed by atoms with Gasteiger partial charge in [-0.1, -0.05) is 6.42 Å². The molecule has 1 aliphatic rings. The van der Waals surface area contributed by atoms with Gasteiger partial charge in [-0.25, -0.2) is 0 Å². The fourth-order valence-corrected chi connectivity index (χ4v) is 1.97. The Hall–Kier alpha value is -0.960. The lowest BCUT2D eigenvalue weighted by Crippen LogP contribution is -2.42. The van der Waals surface area contributed by atoms with Crippen LogP contribution in [0, 0.1) is 13.8 Å². The predicted molar refractivity (Wildman–Crippen MR) is 56.1 cm³/mol. The van der Waals surface area contributed by atoms with Crippen molar-refractivity contribution < 1.29 is 0 Å². The van der Waals surface area contributed by atoms with Gasteiger partial charge in [0.15, 0.2) is 0 Å². The van der Waals surface area contributed by atoms with E-state index in [9.17, 15) is 0 Å². The Balaban J connectivity index is 2.36. The van der Waals surface area contributed by atoms with Crippen LogP contribution in [-0.4, -0.2) is 16.5 Å². The Morgan fingerprint density at radius 3 is 2.50 bits per heavy atom. The van der Waals surface area contributed by atoms with Crippen molar-refractivity contribution in [3.8, 4) is 0 Å². The number of hydrogen-bond acceptors (Lipinski definition) is 3. The second-order valence-corrected chi connectivity index (χ2v) is 4.26. The lowest BCUT2D eigenvalue weighted by Gasteiger charge is -2.40. The van der Waals surface area contributed by atoms with E-state index in [0.29, 0.717) is 6.54 Å². The summed E-state index contributed by atoms with van der Waals surface area (Å²) in [7, 11) is 0. The zero-order valence-corrected chi connectivity index (χ0v) is 8.88. The Labute approximate surface area is 84.8 Å². The van der Waals surface area contributed by atoms with Crippen molar-refractivity contribution in [1.29, 1.82) is 0 Å². The Kier molecular flexibility index (Phi) is 2.27. The molecule has 0 aromatic carbocycles. The Morgan fingerprint density at radius 2 is 2.07 bits per heavy atom. The van der Waals surface area contributed by atoms with Crippen molar-refractivity contribution in [2.75, 3.05) is 6.54 Å². The first-order valence-corrected chi connectivity index (χ1v) is 5.19. The molecule has 2 N–H and O–H groups in total. The molecule has 0 amide bonds. The number of nitrogens with two attached hydrogens (primary N) is 1. The summed E-state index contributed by atoms with van der Waals surface area (Å²) in [5.41, 5.74) is 9.10. The molecule has 0 saturated heterocycles. The highest BCUT2D eigenvalue weighted by Crippen LogP contribution is 2.41. The van der Waals surface area contributed by atoms with Crippen LogP contribution in [0.15, 0.2) is 6.20 Å². The molecule has 3 heteroatoms. The molecule has 0 radical (unpaired) electrons. The lowest BCUT2D eigenvalue weighted by molar-refractivity contribution is 0.244. The predicted octanol–water partition coefficient (Wildman–Crippen LogP) is 1.47. The van der Waals surface area contributed by atoms with Crippen LogP contribution < -0.4 is 5.73 Å². The molecule has 0 spiro atoms. The molecule has 3 nitrogen and oxygen atoms in total. The van der Waals surface area contributed by atoms with E-state index >= 15 is 0 Å². The molecule has 76 valence electrons. The van der Waals surface area contributed by atoms with Gasteiger partial charge in [-0.05, 0) is 26.7 Å². The summed E-state index contributed by atoms with van der Waals surface area (Å²) >= 11 is 0.